The smallest absolute Gasteiger partial charge is 0.410 e. The number of benzene rings is 2. The molecule has 2 N–H and O–H groups in total. The number of aliphatic carboxylic acids is 1. The predicted molar refractivity (Wildman–Crippen MR) is 153 cm³/mol. The number of ether oxygens (including phenoxy) is 3. The first kappa shape index (κ1) is 31.4. The van der Waals surface area contributed by atoms with E-state index in [-0.39, 0.29) is 31.9 Å². The standard InChI is InChI=1S/C31H40N2O8/c1-30(2,3)40-27(36)16-15-20(17-33(18-26(34)35)29(38)41-31(4,5)6)32-28(37)39-19-25-23-13-9-7-11-21(23)22-12-8-10-14-24(22)25/h7-14,20,25H,15-19H2,1-6H3,(H,32,37)(H,34,35)/t20-/m0/s1. The zero-order chi connectivity index (χ0) is 30.4. The van der Waals surface area contributed by atoms with Crippen molar-refractivity contribution in [1.29, 1.82) is 0 Å². The quantitative estimate of drug-likeness (QED) is 0.290. The van der Waals surface area contributed by atoms with E-state index in [0.29, 0.717) is 0 Å². The van der Waals surface area contributed by atoms with E-state index in [0.717, 1.165) is 27.2 Å². The van der Waals surface area contributed by atoms with Gasteiger partial charge in [-0.25, -0.2) is 9.59 Å². The van der Waals surface area contributed by atoms with E-state index >= 15 is 0 Å². The van der Waals surface area contributed by atoms with Crippen molar-refractivity contribution in [3.8, 4) is 11.1 Å². The number of hydrogen-bond donors (Lipinski definition) is 2. The van der Waals surface area contributed by atoms with Crippen LogP contribution in [0.2, 0.25) is 0 Å². The van der Waals surface area contributed by atoms with Crippen LogP contribution in [0.5, 0.6) is 0 Å². The van der Waals surface area contributed by atoms with Crippen LogP contribution < -0.4 is 5.32 Å². The van der Waals surface area contributed by atoms with Gasteiger partial charge in [-0.15, -0.1) is 0 Å². The van der Waals surface area contributed by atoms with Crippen LogP contribution in [0.3, 0.4) is 0 Å². The summed E-state index contributed by atoms with van der Waals surface area (Å²) in [4.78, 5) is 50.7. The largest absolute Gasteiger partial charge is 0.480 e. The maximum Gasteiger partial charge on any atom is 0.410 e. The first-order valence-electron chi connectivity index (χ1n) is 13.7. The molecule has 1 atom stereocenters. The molecule has 1 aliphatic carbocycles. The van der Waals surface area contributed by atoms with E-state index < -0.39 is 47.9 Å². The highest BCUT2D eigenvalue weighted by molar-refractivity contribution is 5.79. The molecule has 41 heavy (non-hydrogen) atoms. The predicted octanol–water partition coefficient (Wildman–Crippen LogP) is 5.34. The Bertz CT molecular complexity index is 1220. The summed E-state index contributed by atoms with van der Waals surface area (Å²) in [7, 11) is 0. The number of alkyl carbamates (subject to hydrolysis) is 1. The van der Waals surface area contributed by atoms with Gasteiger partial charge in [0.1, 0.15) is 24.4 Å². The van der Waals surface area contributed by atoms with Gasteiger partial charge in [-0.2, -0.15) is 0 Å². The second-order valence-electron chi connectivity index (χ2n) is 12.0. The van der Waals surface area contributed by atoms with Crippen LogP contribution in [0.15, 0.2) is 48.5 Å². The number of hydrogen-bond acceptors (Lipinski definition) is 7. The lowest BCUT2D eigenvalue weighted by molar-refractivity contribution is -0.155. The van der Waals surface area contributed by atoms with Gasteiger partial charge in [0.25, 0.3) is 0 Å². The van der Waals surface area contributed by atoms with Gasteiger partial charge in [0.05, 0.1) is 6.04 Å². The number of nitrogens with one attached hydrogen (secondary N) is 1. The van der Waals surface area contributed by atoms with Gasteiger partial charge in [0.15, 0.2) is 0 Å². The molecule has 10 heteroatoms. The second kappa shape index (κ2) is 13.1. The highest BCUT2D eigenvalue weighted by Gasteiger charge is 2.31. The summed E-state index contributed by atoms with van der Waals surface area (Å²) in [5.74, 6) is -1.89. The number of nitrogens with zero attached hydrogens (tertiary/aromatic N) is 1. The number of rotatable bonds is 10. The van der Waals surface area contributed by atoms with Crippen LogP contribution in [0.1, 0.15) is 71.4 Å². The number of carboxylic acids is 1. The summed E-state index contributed by atoms with van der Waals surface area (Å²) in [6.45, 7) is 9.44. The first-order valence-corrected chi connectivity index (χ1v) is 13.7. The summed E-state index contributed by atoms with van der Waals surface area (Å²) in [5, 5.41) is 12.1. The molecular weight excluding hydrogens is 528 g/mol. The van der Waals surface area contributed by atoms with Crippen molar-refractivity contribution in [1.82, 2.24) is 10.2 Å². The van der Waals surface area contributed by atoms with Gasteiger partial charge in [-0.3, -0.25) is 14.5 Å². The molecule has 2 aromatic rings. The molecule has 0 unspecified atom stereocenters. The Morgan fingerprint density at radius 3 is 1.93 bits per heavy atom. The molecule has 1 aliphatic rings. The average molecular weight is 569 g/mol. The lowest BCUT2D eigenvalue weighted by Gasteiger charge is -2.29. The van der Waals surface area contributed by atoms with Crippen LogP contribution in [0.4, 0.5) is 9.59 Å². The summed E-state index contributed by atoms with van der Waals surface area (Å²) in [5.41, 5.74) is 2.74. The number of carboxylic acid groups (broad SMARTS) is 1. The molecule has 0 heterocycles. The molecule has 0 saturated carbocycles. The third-order valence-corrected chi connectivity index (χ3v) is 6.20. The molecule has 3 rings (SSSR count). The van der Waals surface area contributed by atoms with Gasteiger partial charge < -0.3 is 24.6 Å². The monoisotopic (exact) mass is 568 g/mol. The van der Waals surface area contributed by atoms with Crippen LogP contribution in [0.25, 0.3) is 11.1 Å². The Kier molecular flexibility index (Phi) is 10.0. The van der Waals surface area contributed by atoms with E-state index in [1.54, 1.807) is 41.5 Å². The molecule has 0 bridgehead atoms. The van der Waals surface area contributed by atoms with Crippen molar-refractivity contribution < 1.29 is 38.5 Å². The molecule has 0 aromatic heterocycles. The molecule has 10 nitrogen and oxygen atoms in total. The zero-order valence-corrected chi connectivity index (χ0v) is 24.6. The zero-order valence-electron chi connectivity index (χ0n) is 24.6. The van der Waals surface area contributed by atoms with Gasteiger partial charge in [-0.05, 0) is 70.2 Å². The summed E-state index contributed by atoms with van der Waals surface area (Å²) >= 11 is 0. The Morgan fingerprint density at radius 2 is 1.41 bits per heavy atom. The minimum atomic E-state index is -1.25. The maximum atomic E-state index is 13.0. The fourth-order valence-electron chi connectivity index (χ4n) is 4.66. The highest BCUT2D eigenvalue weighted by Crippen LogP contribution is 2.44. The van der Waals surface area contributed by atoms with E-state index in [2.05, 4.69) is 5.32 Å². The van der Waals surface area contributed by atoms with Crippen molar-refractivity contribution in [2.75, 3.05) is 19.7 Å². The maximum absolute atomic E-state index is 13.0. The van der Waals surface area contributed by atoms with Gasteiger partial charge in [0, 0.05) is 18.9 Å². The number of carbonyl (C=O) groups is 4. The fraction of sp³-hybridized carbons (Fsp3) is 0.484. The van der Waals surface area contributed by atoms with E-state index in [9.17, 15) is 24.3 Å². The third kappa shape index (κ3) is 9.51. The Labute approximate surface area is 241 Å². The number of esters is 1. The summed E-state index contributed by atoms with van der Waals surface area (Å²) < 4.78 is 16.4. The molecule has 0 spiro atoms. The molecule has 0 aliphatic heterocycles. The van der Waals surface area contributed by atoms with Crippen LogP contribution in [-0.2, 0) is 23.8 Å². The lowest BCUT2D eigenvalue weighted by Crippen LogP contribution is -2.49. The van der Waals surface area contributed by atoms with Crippen molar-refractivity contribution in [2.45, 2.75) is 77.5 Å². The van der Waals surface area contributed by atoms with Crippen LogP contribution >= 0.6 is 0 Å². The fourth-order valence-corrected chi connectivity index (χ4v) is 4.66. The van der Waals surface area contributed by atoms with Gasteiger partial charge >= 0.3 is 24.1 Å². The third-order valence-electron chi connectivity index (χ3n) is 6.20. The summed E-state index contributed by atoms with van der Waals surface area (Å²) in [6, 6.07) is 15.1. The number of amides is 2. The van der Waals surface area contributed by atoms with Gasteiger partial charge in [-0.1, -0.05) is 48.5 Å². The minimum Gasteiger partial charge on any atom is -0.480 e. The van der Waals surface area contributed by atoms with E-state index in [1.807, 2.05) is 48.5 Å². The first-order chi connectivity index (χ1) is 19.1. The van der Waals surface area contributed by atoms with Crippen molar-refractivity contribution in [3.63, 3.8) is 0 Å². The molecule has 0 saturated heterocycles. The molecule has 2 aromatic carbocycles. The van der Waals surface area contributed by atoms with E-state index in [1.165, 1.54) is 0 Å². The molecule has 222 valence electrons. The number of carbonyl (C=O) groups excluding carboxylic acids is 3. The topological polar surface area (TPSA) is 131 Å². The van der Waals surface area contributed by atoms with Crippen molar-refractivity contribution in [3.05, 3.63) is 59.7 Å². The second-order valence-corrected chi connectivity index (χ2v) is 12.0. The Morgan fingerprint density at radius 1 is 0.878 bits per heavy atom. The van der Waals surface area contributed by atoms with Crippen LogP contribution in [0, 0.1) is 0 Å². The van der Waals surface area contributed by atoms with Crippen molar-refractivity contribution >= 4 is 24.1 Å². The minimum absolute atomic E-state index is 0.0686. The molecule has 2 amide bonds. The lowest BCUT2D eigenvalue weighted by atomic mass is 9.98. The molecule has 0 radical (unpaired) electrons. The molecule has 0 fully saturated rings. The average Bonchev–Trinajstić information content (AvgIpc) is 3.17. The Balaban J connectivity index is 1.73. The van der Waals surface area contributed by atoms with Crippen LogP contribution in [-0.4, -0.2) is 71.1 Å². The normalized spacial score (nSPS) is 13.4. The summed E-state index contributed by atoms with van der Waals surface area (Å²) in [6.07, 6.45) is -1.59. The van der Waals surface area contributed by atoms with Gasteiger partial charge in [0.2, 0.25) is 0 Å². The molecular formula is C31H40N2O8. The van der Waals surface area contributed by atoms with Crippen molar-refractivity contribution in [2.24, 2.45) is 0 Å². The van der Waals surface area contributed by atoms with E-state index in [4.69, 9.17) is 14.2 Å². The SMILES string of the molecule is CC(C)(C)OC(=O)CC[C@@H](CN(CC(=O)O)C(=O)OC(C)(C)C)NC(=O)OCC1c2ccccc2-c2ccccc21. The Hall–Kier alpha value is -4.08. The number of fused-ring (bicyclic) bond motifs is 3. The highest BCUT2D eigenvalue weighted by atomic mass is 16.6.